The van der Waals surface area contributed by atoms with E-state index in [0.29, 0.717) is 5.13 Å². The number of piperidine rings is 1. The van der Waals surface area contributed by atoms with Crippen LogP contribution in [0.25, 0.3) is 0 Å². The summed E-state index contributed by atoms with van der Waals surface area (Å²) >= 11 is 6.56. The maximum atomic E-state index is 12.5. The quantitative estimate of drug-likeness (QED) is 0.910. The lowest BCUT2D eigenvalue weighted by molar-refractivity contribution is -0.179. The van der Waals surface area contributed by atoms with E-state index >= 15 is 0 Å². The summed E-state index contributed by atoms with van der Waals surface area (Å²) in [7, 11) is 0. The maximum absolute atomic E-state index is 12.5. The second-order valence-electron chi connectivity index (χ2n) is 4.22. The Kier molecular flexibility index (Phi) is 3.91. The fourth-order valence-corrected chi connectivity index (χ4v) is 3.13. The zero-order valence-electron chi connectivity index (χ0n) is 9.58. The van der Waals surface area contributed by atoms with Crippen molar-refractivity contribution in [2.75, 3.05) is 18.0 Å². The normalized spacial score (nSPS) is 17.8. The van der Waals surface area contributed by atoms with Crippen LogP contribution in [-0.2, 0) is 0 Å². The molecule has 0 atom stereocenters. The van der Waals surface area contributed by atoms with Gasteiger partial charge in [-0.1, -0.05) is 22.9 Å². The van der Waals surface area contributed by atoms with E-state index in [2.05, 4.69) is 4.98 Å². The van der Waals surface area contributed by atoms with Crippen molar-refractivity contribution in [1.29, 1.82) is 0 Å². The summed E-state index contributed by atoms with van der Waals surface area (Å²) in [6.45, 7) is 0.403. The van der Waals surface area contributed by atoms with Gasteiger partial charge in [-0.3, -0.25) is 0 Å². The van der Waals surface area contributed by atoms with Crippen molar-refractivity contribution in [3.8, 4) is 0 Å². The molecule has 1 aromatic rings. The van der Waals surface area contributed by atoms with Crippen molar-refractivity contribution in [3.05, 3.63) is 10.0 Å². The van der Waals surface area contributed by atoms with Crippen molar-refractivity contribution in [2.45, 2.75) is 19.0 Å². The molecule has 1 N–H and O–H groups in total. The summed E-state index contributed by atoms with van der Waals surface area (Å²) in [5.41, 5.74) is 0. The number of hydrogen-bond donors (Lipinski definition) is 1. The molecule has 4 nitrogen and oxygen atoms in total. The van der Waals surface area contributed by atoms with Gasteiger partial charge in [0, 0.05) is 13.1 Å². The minimum absolute atomic E-state index is 0.0108. The SMILES string of the molecule is O=C(O)c1sc(N2CCC(C(F)(F)F)CC2)nc1Cl. The van der Waals surface area contributed by atoms with Gasteiger partial charge in [-0.15, -0.1) is 0 Å². The molecule has 106 valence electrons. The van der Waals surface area contributed by atoms with Gasteiger partial charge in [-0.05, 0) is 12.8 Å². The summed E-state index contributed by atoms with van der Waals surface area (Å²) in [6, 6.07) is 0. The Bertz CT molecular complexity index is 484. The highest BCUT2D eigenvalue weighted by Gasteiger charge is 2.41. The number of carboxylic acid groups (broad SMARTS) is 1. The summed E-state index contributed by atoms with van der Waals surface area (Å²) in [6.07, 6.45) is -4.19. The second kappa shape index (κ2) is 5.16. The van der Waals surface area contributed by atoms with Gasteiger partial charge in [-0.25, -0.2) is 9.78 Å². The van der Waals surface area contributed by atoms with E-state index in [-0.39, 0.29) is 36.0 Å². The van der Waals surface area contributed by atoms with Crippen LogP contribution in [0, 0.1) is 5.92 Å². The number of alkyl halides is 3. The van der Waals surface area contributed by atoms with Crippen molar-refractivity contribution < 1.29 is 23.1 Å². The Morgan fingerprint density at radius 2 is 2.00 bits per heavy atom. The molecule has 1 aliphatic rings. The highest BCUT2D eigenvalue weighted by Crippen LogP contribution is 2.37. The van der Waals surface area contributed by atoms with Crippen LogP contribution in [0.5, 0.6) is 0 Å². The Morgan fingerprint density at radius 3 is 2.42 bits per heavy atom. The lowest BCUT2D eigenvalue weighted by Gasteiger charge is -2.32. The van der Waals surface area contributed by atoms with E-state index in [9.17, 15) is 18.0 Å². The Balaban J connectivity index is 2.06. The topological polar surface area (TPSA) is 53.4 Å². The van der Waals surface area contributed by atoms with Crippen LogP contribution >= 0.6 is 22.9 Å². The molecule has 0 aromatic carbocycles. The first kappa shape index (κ1) is 14.4. The van der Waals surface area contributed by atoms with Gasteiger partial charge >= 0.3 is 12.1 Å². The fraction of sp³-hybridized carbons (Fsp3) is 0.600. The van der Waals surface area contributed by atoms with Crippen molar-refractivity contribution in [2.24, 2.45) is 5.92 Å². The van der Waals surface area contributed by atoms with Crippen LogP contribution in [0.2, 0.25) is 5.15 Å². The molecule has 1 aromatic heterocycles. The Hall–Kier alpha value is -1.02. The highest BCUT2D eigenvalue weighted by molar-refractivity contribution is 7.18. The predicted molar refractivity (Wildman–Crippen MR) is 65.1 cm³/mol. The molecule has 0 saturated carbocycles. The molecule has 0 radical (unpaired) electrons. The number of nitrogens with zero attached hydrogens (tertiary/aromatic N) is 2. The Labute approximate surface area is 115 Å². The number of thiazole rings is 1. The average Bonchev–Trinajstić information content (AvgIpc) is 2.70. The minimum Gasteiger partial charge on any atom is -0.477 e. The standard InChI is InChI=1S/C10H10ClF3N2O2S/c11-7-6(8(17)18)19-9(15-7)16-3-1-5(2-4-16)10(12,13)14/h5H,1-4H2,(H,17,18). The van der Waals surface area contributed by atoms with Gasteiger partial charge in [0.2, 0.25) is 0 Å². The van der Waals surface area contributed by atoms with E-state index < -0.39 is 18.1 Å². The molecule has 1 fully saturated rings. The third kappa shape index (κ3) is 3.11. The molecule has 0 aliphatic carbocycles. The molecule has 0 unspecified atom stereocenters. The fourth-order valence-electron chi connectivity index (χ4n) is 1.96. The summed E-state index contributed by atoms with van der Waals surface area (Å²) < 4.78 is 37.5. The van der Waals surface area contributed by atoms with Gasteiger partial charge in [-0.2, -0.15) is 13.2 Å². The number of rotatable bonds is 2. The van der Waals surface area contributed by atoms with Gasteiger partial charge in [0.15, 0.2) is 15.2 Å². The first-order valence-corrected chi connectivity index (χ1v) is 6.69. The van der Waals surface area contributed by atoms with Crippen LogP contribution < -0.4 is 4.90 Å². The van der Waals surface area contributed by atoms with Crippen LogP contribution in [0.4, 0.5) is 18.3 Å². The molecule has 0 bridgehead atoms. The zero-order chi connectivity index (χ0) is 14.2. The lowest BCUT2D eigenvalue weighted by atomic mass is 9.97. The number of aromatic carboxylic acids is 1. The first-order chi connectivity index (χ1) is 8.79. The van der Waals surface area contributed by atoms with E-state index in [1.807, 2.05) is 0 Å². The molecule has 19 heavy (non-hydrogen) atoms. The average molecular weight is 315 g/mol. The van der Waals surface area contributed by atoms with Gasteiger partial charge < -0.3 is 10.0 Å². The number of anilines is 1. The van der Waals surface area contributed by atoms with Crippen LogP contribution in [0.3, 0.4) is 0 Å². The number of carboxylic acids is 1. The largest absolute Gasteiger partial charge is 0.477 e. The predicted octanol–water partition coefficient (Wildman–Crippen LogP) is 3.27. The number of hydrogen-bond acceptors (Lipinski definition) is 4. The van der Waals surface area contributed by atoms with E-state index in [0.717, 1.165) is 11.3 Å². The second-order valence-corrected chi connectivity index (χ2v) is 5.56. The zero-order valence-corrected chi connectivity index (χ0v) is 11.1. The van der Waals surface area contributed by atoms with Gasteiger partial charge in [0.1, 0.15) is 0 Å². The molecular formula is C10H10ClF3N2O2S. The molecule has 2 rings (SSSR count). The summed E-state index contributed by atoms with van der Waals surface area (Å²) in [4.78, 5) is 16.3. The first-order valence-electron chi connectivity index (χ1n) is 5.50. The van der Waals surface area contributed by atoms with Crippen LogP contribution in [0.1, 0.15) is 22.5 Å². The summed E-state index contributed by atoms with van der Waals surface area (Å²) in [5, 5.41) is 9.09. The molecule has 2 heterocycles. The van der Waals surface area contributed by atoms with Crippen molar-refractivity contribution >= 4 is 34.0 Å². The number of aromatic nitrogens is 1. The molecular weight excluding hydrogens is 305 g/mol. The monoisotopic (exact) mass is 314 g/mol. The van der Waals surface area contributed by atoms with E-state index in [4.69, 9.17) is 16.7 Å². The molecule has 1 saturated heterocycles. The highest BCUT2D eigenvalue weighted by atomic mass is 35.5. The number of carbonyl (C=O) groups is 1. The smallest absolute Gasteiger partial charge is 0.391 e. The van der Waals surface area contributed by atoms with Gasteiger partial charge in [0.25, 0.3) is 0 Å². The van der Waals surface area contributed by atoms with Crippen molar-refractivity contribution in [1.82, 2.24) is 4.98 Å². The maximum Gasteiger partial charge on any atom is 0.391 e. The minimum atomic E-state index is -4.17. The van der Waals surface area contributed by atoms with Crippen LogP contribution in [0.15, 0.2) is 0 Å². The third-order valence-corrected chi connectivity index (χ3v) is 4.49. The third-order valence-electron chi connectivity index (χ3n) is 3.00. The molecule has 0 spiro atoms. The van der Waals surface area contributed by atoms with Crippen molar-refractivity contribution in [3.63, 3.8) is 0 Å². The Morgan fingerprint density at radius 1 is 1.42 bits per heavy atom. The molecule has 0 amide bonds. The summed E-state index contributed by atoms with van der Waals surface area (Å²) in [5.74, 6) is -2.47. The van der Waals surface area contributed by atoms with Crippen LogP contribution in [-0.4, -0.2) is 35.3 Å². The lowest BCUT2D eigenvalue weighted by Crippen LogP contribution is -2.38. The number of halogens is 4. The molecule has 9 heteroatoms. The van der Waals surface area contributed by atoms with E-state index in [1.54, 1.807) is 4.90 Å². The molecule has 1 aliphatic heterocycles. The van der Waals surface area contributed by atoms with Gasteiger partial charge in [0.05, 0.1) is 5.92 Å². The van der Waals surface area contributed by atoms with E-state index in [1.165, 1.54) is 0 Å².